The Morgan fingerprint density at radius 3 is 2.25 bits per heavy atom. The van der Waals surface area contributed by atoms with Gasteiger partial charge in [0.25, 0.3) is 0 Å². The third-order valence-electron chi connectivity index (χ3n) is 6.68. The zero-order valence-electron chi connectivity index (χ0n) is 17.6. The van der Waals surface area contributed by atoms with Gasteiger partial charge >= 0.3 is 0 Å². The van der Waals surface area contributed by atoms with E-state index in [0.29, 0.717) is 5.56 Å². The van der Waals surface area contributed by atoms with Crippen molar-refractivity contribution in [1.82, 2.24) is 0 Å². The van der Waals surface area contributed by atoms with Crippen molar-refractivity contribution in [1.29, 1.82) is 10.5 Å². The molecule has 0 spiro atoms. The molecule has 0 bridgehead atoms. The summed E-state index contributed by atoms with van der Waals surface area (Å²) in [6.07, 6.45) is 3.87. The Morgan fingerprint density at radius 2 is 1.56 bits per heavy atom. The zero-order valence-corrected chi connectivity index (χ0v) is 17.6. The average molecular weight is 415 g/mol. The molecule has 0 saturated carbocycles. The fraction of sp³-hybridized carbons (Fsp3) is 0.179. The molecule has 0 aromatic heterocycles. The van der Waals surface area contributed by atoms with Gasteiger partial charge in [-0.25, -0.2) is 0 Å². The van der Waals surface area contributed by atoms with Crippen molar-refractivity contribution in [3.63, 3.8) is 0 Å². The highest BCUT2D eigenvalue weighted by atomic mass is 16.1. The number of anilines is 1. The van der Waals surface area contributed by atoms with E-state index in [1.54, 1.807) is 0 Å². The van der Waals surface area contributed by atoms with E-state index in [1.807, 2.05) is 103 Å². The van der Waals surface area contributed by atoms with Gasteiger partial charge < -0.3 is 4.90 Å². The number of rotatable bonds is 3. The second-order valence-electron chi connectivity index (χ2n) is 8.43. The summed E-state index contributed by atoms with van der Waals surface area (Å²) in [5, 5.41) is 20.8. The number of nitrogens with zero attached hydrogens (tertiary/aromatic N) is 3. The first kappa shape index (κ1) is 19.8. The van der Waals surface area contributed by atoms with E-state index in [1.165, 1.54) is 0 Å². The Kier molecular flexibility index (Phi) is 4.65. The maximum absolute atomic E-state index is 14.0. The molecule has 4 heteroatoms. The van der Waals surface area contributed by atoms with Gasteiger partial charge in [-0.3, -0.25) is 4.79 Å². The molecule has 1 saturated heterocycles. The standard InChI is InChI=1S/C28H21N3O/c1-19-11-13-22(14-12-19)27(32)26-25(21-8-3-2-4-9-21)28(17-29,18-30)24-16-15-20-7-5-6-10-23(20)31(24)26/h2-16,24-26H,1H3/t24-,25+,26+/m1/s1. The van der Waals surface area contributed by atoms with Crippen LogP contribution in [0.3, 0.4) is 0 Å². The van der Waals surface area contributed by atoms with Gasteiger partial charge in [0.1, 0.15) is 6.04 Å². The molecule has 32 heavy (non-hydrogen) atoms. The van der Waals surface area contributed by atoms with Crippen LogP contribution in [0.5, 0.6) is 0 Å². The molecule has 5 rings (SSSR count). The lowest BCUT2D eigenvalue weighted by atomic mass is 9.69. The lowest BCUT2D eigenvalue weighted by molar-refractivity contribution is 0.0951. The van der Waals surface area contributed by atoms with Crippen LogP contribution in [-0.4, -0.2) is 17.9 Å². The van der Waals surface area contributed by atoms with Gasteiger partial charge in [-0.15, -0.1) is 0 Å². The van der Waals surface area contributed by atoms with E-state index in [9.17, 15) is 15.3 Å². The fourth-order valence-corrected chi connectivity index (χ4v) is 5.16. The highest BCUT2D eigenvalue weighted by Crippen LogP contribution is 2.55. The smallest absolute Gasteiger partial charge is 0.185 e. The normalized spacial score (nSPS) is 22.3. The number of ketones is 1. The lowest BCUT2D eigenvalue weighted by Gasteiger charge is -2.35. The number of Topliss-reactive ketones (excluding diaryl/α,β-unsaturated/α-hetero) is 1. The Morgan fingerprint density at radius 1 is 0.906 bits per heavy atom. The van der Waals surface area contributed by atoms with Crippen molar-refractivity contribution in [2.45, 2.75) is 24.9 Å². The molecule has 4 nitrogen and oxygen atoms in total. The molecule has 3 atom stereocenters. The monoisotopic (exact) mass is 415 g/mol. The first-order valence-electron chi connectivity index (χ1n) is 10.6. The Labute approximate surface area is 187 Å². The molecule has 0 amide bonds. The number of benzene rings is 3. The topological polar surface area (TPSA) is 67.9 Å². The Bertz CT molecular complexity index is 1280. The molecule has 3 aromatic rings. The van der Waals surface area contributed by atoms with Gasteiger partial charge in [0, 0.05) is 17.2 Å². The van der Waals surface area contributed by atoms with Crippen LogP contribution in [0.15, 0.2) is 84.9 Å². The molecular formula is C28H21N3O. The summed E-state index contributed by atoms with van der Waals surface area (Å²) < 4.78 is 0. The molecule has 2 aliphatic rings. The Balaban J connectivity index is 1.78. The third-order valence-corrected chi connectivity index (χ3v) is 6.68. The van der Waals surface area contributed by atoms with Crippen molar-refractivity contribution in [2.24, 2.45) is 5.41 Å². The van der Waals surface area contributed by atoms with E-state index in [4.69, 9.17) is 0 Å². The van der Waals surface area contributed by atoms with E-state index >= 15 is 0 Å². The number of fused-ring (bicyclic) bond motifs is 3. The van der Waals surface area contributed by atoms with Crippen LogP contribution in [0.2, 0.25) is 0 Å². The highest BCUT2D eigenvalue weighted by Gasteiger charge is 2.63. The van der Waals surface area contributed by atoms with Crippen LogP contribution in [-0.2, 0) is 0 Å². The van der Waals surface area contributed by atoms with Gasteiger partial charge in [0.05, 0.1) is 18.2 Å². The summed E-state index contributed by atoms with van der Waals surface area (Å²) in [6, 6.07) is 28.3. The number of aryl methyl sites for hydroxylation is 1. The summed E-state index contributed by atoms with van der Waals surface area (Å²) in [7, 11) is 0. The first-order valence-corrected chi connectivity index (χ1v) is 10.6. The summed E-state index contributed by atoms with van der Waals surface area (Å²) in [6.45, 7) is 1.98. The van der Waals surface area contributed by atoms with Crippen LogP contribution in [0.4, 0.5) is 5.69 Å². The van der Waals surface area contributed by atoms with E-state index in [0.717, 1.165) is 22.4 Å². The first-order chi connectivity index (χ1) is 15.6. The number of nitriles is 2. The van der Waals surface area contributed by atoms with Crippen LogP contribution in [0, 0.1) is 35.0 Å². The molecule has 0 radical (unpaired) electrons. The molecule has 0 N–H and O–H groups in total. The van der Waals surface area contributed by atoms with Crippen molar-refractivity contribution in [3.05, 3.63) is 107 Å². The minimum absolute atomic E-state index is 0.0821. The molecule has 2 aliphatic heterocycles. The van der Waals surface area contributed by atoms with Crippen LogP contribution < -0.4 is 4.90 Å². The van der Waals surface area contributed by atoms with Crippen LogP contribution >= 0.6 is 0 Å². The average Bonchev–Trinajstić information content (AvgIpc) is 3.15. The van der Waals surface area contributed by atoms with Gasteiger partial charge in [-0.05, 0) is 24.1 Å². The van der Waals surface area contributed by atoms with Gasteiger partial charge in [0.2, 0.25) is 0 Å². The molecule has 2 heterocycles. The predicted molar refractivity (Wildman–Crippen MR) is 124 cm³/mol. The molecule has 0 unspecified atom stereocenters. The zero-order chi connectivity index (χ0) is 22.3. The molecule has 1 fully saturated rings. The Hall–Kier alpha value is -4.15. The predicted octanol–water partition coefficient (Wildman–Crippen LogP) is 5.28. The lowest BCUT2D eigenvalue weighted by Crippen LogP contribution is -2.44. The number of hydrogen-bond donors (Lipinski definition) is 0. The molecule has 3 aromatic carbocycles. The minimum Gasteiger partial charge on any atom is -0.351 e. The number of carbonyl (C=O) groups excluding carboxylic acids is 1. The maximum Gasteiger partial charge on any atom is 0.185 e. The molecule has 154 valence electrons. The van der Waals surface area contributed by atoms with E-state index in [2.05, 4.69) is 12.1 Å². The maximum atomic E-state index is 14.0. The summed E-state index contributed by atoms with van der Waals surface area (Å²) >= 11 is 0. The largest absolute Gasteiger partial charge is 0.351 e. The number of para-hydroxylation sites is 1. The van der Waals surface area contributed by atoms with Crippen LogP contribution in [0.25, 0.3) is 6.08 Å². The van der Waals surface area contributed by atoms with Gasteiger partial charge in [-0.1, -0.05) is 90.5 Å². The summed E-state index contributed by atoms with van der Waals surface area (Å²) in [4.78, 5) is 16.0. The summed E-state index contributed by atoms with van der Waals surface area (Å²) in [5.41, 5.74) is 2.92. The summed E-state index contributed by atoms with van der Waals surface area (Å²) in [5.74, 6) is -0.686. The van der Waals surface area contributed by atoms with Crippen LogP contribution in [0.1, 0.15) is 33.0 Å². The minimum atomic E-state index is -1.41. The van der Waals surface area contributed by atoms with Gasteiger partial charge in [0.15, 0.2) is 11.2 Å². The second-order valence-corrected chi connectivity index (χ2v) is 8.43. The SMILES string of the molecule is Cc1ccc(C(=O)[C@@H]2[C@H](c3ccccc3)C(C#N)(C#N)[C@H]3C=Cc4ccccc4N23)cc1. The molecular weight excluding hydrogens is 394 g/mol. The second kappa shape index (κ2) is 7.52. The van der Waals surface area contributed by atoms with Crippen molar-refractivity contribution >= 4 is 17.5 Å². The van der Waals surface area contributed by atoms with E-state index in [-0.39, 0.29) is 5.78 Å². The molecule has 0 aliphatic carbocycles. The van der Waals surface area contributed by atoms with Crippen molar-refractivity contribution in [3.8, 4) is 12.1 Å². The van der Waals surface area contributed by atoms with Gasteiger partial charge in [-0.2, -0.15) is 10.5 Å². The quantitative estimate of drug-likeness (QED) is 0.546. The van der Waals surface area contributed by atoms with Crippen molar-refractivity contribution in [2.75, 3.05) is 4.90 Å². The fourth-order valence-electron chi connectivity index (χ4n) is 5.16. The third kappa shape index (κ3) is 2.77. The van der Waals surface area contributed by atoms with E-state index < -0.39 is 23.4 Å². The highest BCUT2D eigenvalue weighted by molar-refractivity contribution is 6.04. The number of carbonyl (C=O) groups is 1. The number of hydrogen-bond acceptors (Lipinski definition) is 4. The van der Waals surface area contributed by atoms with Crippen molar-refractivity contribution < 1.29 is 4.79 Å².